The van der Waals surface area contributed by atoms with Crippen LogP contribution < -0.4 is 26.6 Å². The fourth-order valence-electron chi connectivity index (χ4n) is 8.75. The van der Waals surface area contributed by atoms with Crippen LogP contribution in [-0.4, -0.2) is 57.9 Å². The number of fused-ring (bicyclic) bond motifs is 2. The molecular weight excluding hydrogens is 1010 g/mol. The average molecular weight is 1070 g/mol. The molecule has 0 fully saturated rings. The zero-order valence-corrected chi connectivity index (χ0v) is 44.4. The maximum absolute atomic E-state index is 13.7. The number of urea groups is 2. The minimum absolute atomic E-state index is 0.0331. The maximum atomic E-state index is 13.7. The van der Waals surface area contributed by atoms with Gasteiger partial charge in [0.2, 0.25) is 5.91 Å². The number of thiazole rings is 1. The predicted octanol–water partition coefficient (Wildman–Crippen LogP) is 11.4. The largest absolute Gasteiger partial charge is 0.387 e. The number of halogens is 4. The number of rotatable bonds is 15. The van der Waals surface area contributed by atoms with Crippen molar-refractivity contribution in [2.45, 2.75) is 108 Å². The number of benzene rings is 5. The van der Waals surface area contributed by atoms with Crippen LogP contribution in [0.2, 0.25) is 15.1 Å². The van der Waals surface area contributed by atoms with Crippen molar-refractivity contribution in [3.05, 3.63) is 191 Å². The van der Waals surface area contributed by atoms with Gasteiger partial charge in [0.15, 0.2) is 0 Å². The van der Waals surface area contributed by atoms with Crippen LogP contribution in [0.5, 0.6) is 0 Å². The van der Waals surface area contributed by atoms with E-state index in [0.717, 1.165) is 54.8 Å². The molecule has 0 aliphatic heterocycles. The predicted molar refractivity (Wildman–Crippen MR) is 289 cm³/mol. The fraction of sp³-hybridized carbons (Fsp3) is 0.357. The number of carbonyl (C=O) groups excluding carboxylic acids is 3. The van der Waals surface area contributed by atoms with Gasteiger partial charge in [0.05, 0.1) is 41.5 Å². The first-order valence-electron chi connectivity index (χ1n) is 24.4. The van der Waals surface area contributed by atoms with Crippen LogP contribution in [0.4, 0.5) is 14.0 Å². The number of aromatic nitrogens is 1. The molecule has 2 aliphatic rings. The van der Waals surface area contributed by atoms with E-state index in [1.165, 1.54) is 34.4 Å². The van der Waals surface area contributed by atoms with Gasteiger partial charge >= 0.3 is 12.1 Å². The van der Waals surface area contributed by atoms with Crippen molar-refractivity contribution >= 4 is 64.1 Å². The molecule has 0 saturated heterocycles. The smallest absolute Gasteiger partial charge is 0.315 e. The summed E-state index contributed by atoms with van der Waals surface area (Å²) in [5.41, 5.74) is 7.24. The molecule has 6 aromatic rings. The van der Waals surface area contributed by atoms with Gasteiger partial charge in [0.25, 0.3) is 0 Å². The van der Waals surface area contributed by atoms with Crippen LogP contribution in [0, 0.1) is 12.7 Å². The molecule has 6 atom stereocenters. The maximum Gasteiger partial charge on any atom is 0.315 e. The van der Waals surface area contributed by atoms with Crippen molar-refractivity contribution in [2.75, 3.05) is 19.6 Å². The number of amides is 5. The van der Waals surface area contributed by atoms with Crippen LogP contribution in [0.15, 0.2) is 115 Å². The lowest BCUT2D eigenvalue weighted by atomic mass is 9.87. The van der Waals surface area contributed by atoms with Crippen LogP contribution in [0.25, 0.3) is 0 Å². The summed E-state index contributed by atoms with van der Waals surface area (Å²) in [4.78, 5) is 40.9. The van der Waals surface area contributed by atoms with Gasteiger partial charge in [-0.25, -0.2) is 19.0 Å². The Morgan fingerprint density at radius 1 is 0.795 bits per heavy atom. The van der Waals surface area contributed by atoms with Crippen molar-refractivity contribution < 1.29 is 34.1 Å². The molecule has 1 heterocycles. The molecule has 0 radical (unpaired) electrons. The topological polar surface area (TPSA) is 185 Å². The molecular formula is C56H64Cl3FN6O6S. The van der Waals surface area contributed by atoms with E-state index in [9.17, 15) is 34.1 Å². The summed E-state index contributed by atoms with van der Waals surface area (Å²) in [6.45, 7) is 7.76. The lowest BCUT2D eigenvalue weighted by Gasteiger charge is -2.27. The minimum Gasteiger partial charge on any atom is -0.387 e. The number of aliphatic hydroxyl groups excluding tert-OH is 2. The summed E-state index contributed by atoms with van der Waals surface area (Å²) in [6.07, 6.45) is 4.36. The molecule has 5 aromatic carbocycles. The zero-order valence-electron chi connectivity index (χ0n) is 41.4. The molecule has 12 nitrogen and oxygen atoms in total. The SMILES string of the molecule is CCc1nc(C(C)NC(=O)NCC(C)(O)c2cccc(Cl)c2)cs1.Cc1ccc2c(c1)C(NC(=O)NCC(O)c1ccccc1F)CCC2.O=C(CC1CCc2ccccc21)NCC(O)c1ccc(Cl)cc1Cl. The molecule has 0 spiro atoms. The molecule has 0 bridgehead atoms. The Kier molecular flexibility index (Phi) is 21.1. The molecule has 1 aromatic heterocycles. The van der Waals surface area contributed by atoms with Crippen LogP contribution in [0.1, 0.15) is 132 Å². The molecule has 0 saturated carbocycles. The first kappa shape index (κ1) is 56.7. The molecule has 388 valence electrons. The van der Waals surface area contributed by atoms with Crippen molar-refractivity contribution in [3.63, 3.8) is 0 Å². The van der Waals surface area contributed by atoms with Crippen molar-refractivity contribution in [3.8, 4) is 0 Å². The third-order valence-corrected chi connectivity index (χ3v) is 14.7. The lowest BCUT2D eigenvalue weighted by molar-refractivity contribution is -0.122. The molecule has 2 aliphatic carbocycles. The van der Waals surface area contributed by atoms with Crippen molar-refractivity contribution in [2.24, 2.45) is 0 Å². The second-order valence-corrected chi connectivity index (χ2v) is 20.7. The highest BCUT2D eigenvalue weighted by atomic mass is 35.5. The van der Waals surface area contributed by atoms with Crippen molar-refractivity contribution in [1.82, 2.24) is 31.6 Å². The van der Waals surface area contributed by atoms with Gasteiger partial charge in [-0.15, -0.1) is 11.3 Å². The first-order valence-corrected chi connectivity index (χ1v) is 26.4. The second-order valence-electron chi connectivity index (χ2n) is 18.5. The van der Waals surface area contributed by atoms with Crippen molar-refractivity contribution in [1.29, 1.82) is 0 Å². The number of nitrogens with one attached hydrogen (secondary N) is 5. The number of hydrogen-bond acceptors (Lipinski definition) is 8. The summed E-state index contributed by atoms with van der Waals surface area (Å²) in [7, 11) is 0. The van der Waals surface area contributed by atoms with E-state index in [2.05, 4.69) is 61.9 Å². The van der Waals surface area contributed by atoms with Gasteiger partial charge in [-0.05, 0) is 123 Å². The average Bonchev–Trinajstić information content (AvgIpc) is 4.03. The van der Waals surface area contributed by atoms with E-state index < -0.39 is 23.6 Å². The standard InChI is InChI=1S/C20H23FN2O2.C19H19Cl2NO2.C17H22ClN3O2S/c1-13-9-10-14-5-4-8-18(16(14)11-13)23-20(25)22-12-19(24)15-6-2-3-7-17(15)21;20-14-7-8-16(17(21)10-14)18(23)11-22-19(24)9-13-6-5-12-3-1-2-4-15(12)13;1-4-15-21-14(9-24-15)11(2)20-16(22)19-10-17(3,23)12-6-5-7-13(18)8-12/h2-3,6-7,9-11,18-19,24H,4-5,8,12H2,1H3,(H2,22,23,25);1-4,7-8,10,13,18,23H,5-6,9,11H2,(H,22,24);5-9,11,23H,4,10H2,1-3H3,(H2,19,20,22). The third kappa shape index (κ3) is 16.7. The van der Waals surface area contributed by atoms with Gasteiger partial charge in [0.1, 0.15) is 11.4 Å². The Hall–Kier alpha value is -5.58. The Balaban J connectivity index is 0.000000179. The molecule has 6 unspecified atom stereocenters. The van der Waals surface area contributed by atoms with Gasteiger partial charge < -0.3 is 41.9 Å². The molecule has 8 N–H and O–H groups in total. The number of aliphatic hydroxyl groups is 3. The molecule has 73 heavy (non-hydrogen) atoms. The van der Waals surface area contributed by atoms with Crippen LogP contribution >= 0.6 is 46.1 Å². The van der Waals surface area contributed by atoms with E-state index in [4.69, 9.17) is 34.8 Å². The molecule has 5 amide bonds. The fourth-order valence-corrected chi connectivity index (χ4v) is 10.3. The van der Waals surface area contributed by atoms with Crippen LogP contribution in [0.3, 0.4) is 0 Å². The van der Waals surface area contributed by atoms with E-state index >= 15 is 0 Å². The summed E-state index contributed by atoms with van der Waals surface area (Å²) in [6, 6.07) is 31.6. The molecule has 17 heteroatoms. The van der Waals surface area contributed by atoms with E-state index in [0.29, 0.717) is 32.6 Å². The van der Waals surface area contributed by atoms with Crippen LogP contribution in [-0.2, 0) is 29.7 Å². The number of hydrogen-bond donors (Lipinski definition) is 8. The summed E-state index contributed by atoms with van der Waals surface area (Å²) in [5, 5.41) is 49.2. The highest BCUT2D eigenvalue weighted by Gasteiger charge is 2.27. The van der Waals surface area contributed by atoms with Gasteiger partial charge in [-0.3, -0.25) is 4.79 Å². The van der Waals surface area contributed by atoms with E-state index in [1.807, 2.05) is 38.3 Å². The van der Waals surface area contributed by atoms with Gasteiger partial charge in [-0.1, -0.05) is 126 Å². The zero-order chi connectivity index (χ0) is 52.7. The first-order chi connectivity index (χ1) is 34.9. The Bertz CT molecular complexity index is 2820. The Morgan fingerprint density at radius 2 is 1.51 bits per heavy atom. The van der Waals surface area contributed by atoms with E-state index in [-0.39, 0.29) is 61.2 Å². The Morgan fingerprint density at radius 3 is 2.25 bits per heavy atom. The quantitative estimate of drug-likeness (QED) is 0.0503. The Labute approximate surface area is 446 Å². The summed E-state index contributed by atoms with van der Waals surface area (Å²) in [5.74, 6) is -0.271. The summed E-state index contributed by atoms with van der Waals surface area (Å²) >= 11 is 19.5. The monoisotopic (exact) mass is 1070 g/mol. The second kappa shape index (κ2) is 27.1. The van der Waals surface area contributed by atoms with Gasteiger partial charge in [-0.2, -0.15) is 0 Å². The third-order valence-electron chi connectivity index (χ3n) is 12.8. The number of nitrogens with zero attached hydrogens (tertiary/aromatic N) is 1. The highest BCUT2D eigenvalue weighted by molar-refractivity contribution is 7.09. The minimum atomic E-state index is -1.21. The van der Waals surface area contributed by atoms with Gasteiger partial charge in [0, 0.05) is 51.1 Å². The lowest BCUT2D eigenvalue weighted by Crippen LogP contribution is -2.44. The number of aryl methyl sites for hydroxylation is 4. The van der Waals surface area contributed by atoms with E-state index in [1.54, 1.807) is 72.9 Å². The normalized spacial score (nSPS) is 16.5. The molecule has 8 rings (SSSR count). The highest BCUT2D eigenvalue weighted by Crippen LogP contribution is 2.35. The number of carbonyl (C=O) groups is 3. The summed E-state index contributed by atoms with van der Waals surface area (Å²) < 4.78 is 13.7.